The van der Waals surface area contributed by atoms with Gasteiger partial charge in [-0.15, -0.1) is 0 Å². The smallest absolute Gasteiger partial charge is 0.0917 e. The van der Waals surface area contributed by atoms with Gasteiger partial charge >= 0.3 is 0 Å². The van der Waals surface area contributed by atoms with E-state index in [0.717, 1.165) is 43.7 Å². The summed E-state index contributed by atoms with van der Waals surface area (Å²) in [7, 11) is 0. The van der Waals surface area contributed by atoms with Gasteiger partial charge in [0.15, 0.2) is 0 Å². The maximum Gasteiger partial charge on any atom is 0.0917 e. The highest BCUT2D eigenvalue weighted by molar-refractivity contribution is 5.77. The van der Waals surface area contributed by atoms with Gasteiger partial charge in [0.1, 0.15) is 0 Å². The average molecular weight is 397 g/mol. The fraction of sp³-hybridized carbons (Fsp3) is 0.520. The van der Waals surface area contributed by atoms with E-state index in [-0.39, 0.29) is 0 Å². The van der Waals surface area contributed by atoms with E-state index in [1.165, 1.54) is 22.3 Å². The van der Waals surface area contributed by atoms with Crippen molar-refractivity contribution < 1.29 is 10.2 Å². The van der Waals surface area contributed by atoms with Crippen LogP contribution in [0.1, 0.15) is 62.2 Å². The van der Waals surface area contributed by atoms with Gasteiger partial charge in [0.05, 0.1) is 12.2 Å². The van der Waals surface area contributed by atoms with Crippen molar-refractivity contribution in [1.82, 2.24) is 9.80 Å². The van der Waals surface area contributed by atoms with E-state index in [0.29, 0.717) is 13.1 Å². The molecule has 2 unspecified atom stereocenters. The van der Waals surface area contributed by atoms with Crippen LogP contribution in [0.4, 0.5) is 0 Å². The summed E-state index contributed by atoms with van der Waals surface area (Å²) in [5, 5.41) is 21.3. The zero-order valence-electron chi connectivity index (χ0n) is 18.4. The first-order valence-corrected chi connectivity index (χ1v) is 11.1. The van der Waals surface area contributed by atoms with Crippen molar-refractivity contribution >= 4 is 0 Å². The van der Waals surface area contributed by atoms with Crippen LogP contribution < -0.4 is 0 Å². The Labute approximate surface area is 175 Å². The lowest BCUT2D eigenvalue weighted by atomic mass is 9.99. The van der Waals surface area contributed by atoms with Crippen LogP contribution in [0.3, 0.4) is 0 Å². The number of fused-ring (bicyclic) bond motifs is 3. The first-order valence-electron chi connectivity index (χ1n) is 11.1. The fourth-order valence-corrected chi connectivity index (χ4v) is 4.33. The monoisotopic (exact) mass is 396 g/mol. The molecule has 3 rings (SSSR count). The lowest BCUT2D eigenvalue weighted by Gasteiger charge is -2.22. The summed E-state index contributed by atoms with van der Waals surface area (Å²) in [6.45, 7) is 13.6. The number of hydrogen-bond donors (Lipinski definition) is 2. The second kappa shape index (κ2) is 9.86. The van der Waals surface area contributed by atoms with Crippen LogP contribution in [0.2, 0.25) is 0 Å². The zero-order valence-corrected chi connectivity index (χ0v) is 18.4. The molecule has 4 nitrogen and oxygen atoms in total. The Bertz CT molecular complexity index is 745. The first-order chi connectivity index (χ1) is 14.0. The Hall–Kier alpha value is -1.72. The predicted molar refractivity (Wildman–Crippen MR) is 120 cm³/mol. The highest BCUT2D eigenvalue weighted by Gasteiger charge is 2.22. The average Bonchev–Trinajstić information content (AvgIpc) is 3.12. The number of rotatable bonds is 10. The van der Waals surface area contributed by atoms with Gasteiger partial charge in [-0.2, -0.15) is 0 Å². The Kier molecular flexibility index (Phi) is 7.47. The van der Waals surface area contributed by atoms with E-state index < -0.39 is 12.2 Å². The van der Waals surface area contributed by atoms with Crippen LogP contribution in [-0.2, 0) is 6.42 Å². The molecule has 0 aromatic heterocycles. The Morgan fingerprint density at radius 1 is 0.690 bits per heavy atom. The molecule has 0 saturated carbocycles. The molecule has 0 spiro atoms. The molecule has 1 aliphatic rings. The molecule has 0 bridgehead atoms. The topological polar surface area (TPSA) is 46.9 Å². The third kappa shape index (κ3) is 4.89. The Morgan fingerprint density at radius 2 is 1.07 bits per heavy atom. The van der Waals surface area contributed by atoms with E-state index in [1.54, 1.807) is 0 Å². The molecule has 0 amide bonds. The second-order valence-corrected chi connectivity index (χ2v) is 8.01. The van der Waals surface area contributed by atoms with Gasteiger partial charge in [-0.3, -0.25) is 0 Å². The van der Waals surface area contributed by atoms with Gasteiger partial charge in [-0.05, 0) is 66.0 Å². The Balaban J connectivity index is 1.76. The van der Waals surface area contributed by atoms with Crippen molar-refractivity contribution in [3.63, 3.8) is 0 Å². The SMILES string of the molecule is CCN(CC)CC(O)c1ccc2c(c1)Cc1cc(C(O)CN(CC)CC)ccc1-2. The van der Waals surface area contributed by atoms with Crippen molar-refractivity contribution in [2.45, 2.75) is 46.3 Å². The molecule has 1 aliphatic carbocycles. The lowest BCUT2D eigenvalue weighted by Crippen LogP contribution is -2.28. The predicted octanol–water partition coefficient (Wildman–Crippen LogP) is 4.01. The molecule has 2 atom stereocenters. The molecule has 0 heterocycles. The molecule has 2 aromatic carbocycles. The first kappa shape index (κ1) is 22.0. The molecule has 0 saturated heterocycles. The van der Waals surface area contributed by atoms with Gasteiger partial charge in [-0.1, -0.05) is 64.1 Å². The molecule has 0 fully saturated rings. The number of aliphatic hydroxyl groups is 2. The molecule has 2 aromatic rings. The summed E-state index contributed by atoms with van der Waals surface area (Å²) in [5.41, 5.74) is 7.03. The molecule has 29 heavy (non-hydrogen) atoms. The summed E-state index contributed by atoms with van der Waals surface area (Å²) in [5.74, 6) is 0. The van der Waals surface area contributed by atoms with Crippen molar-refractivity contribution in [3.8, 4) is 11.1 Å². The van der Waals surface area contributed by atoms with E-state index in [4.69, 9.17) is 0 Å². The minimum atomic E-state index is -0.463. The van der Waals surface area contributed by atoms with Crippen LogP contribution >= 0.6 is 0 Å². The summed E-state index contributed by atoms with van der Waals surface area (Å²) in [6.07, 6.45) is -0.0618. The normalized spacial score (nSPS) is 14.9. The largest absolute Gasteiger partial charge is 0.387 e. The van der Waals surface area contributed by atoms with Crippen molar-refractivity contribution in [2.24, 2.45) is 0 Å². The number of benzene rings is 2. The molecular formula is C25H36N2O2. The number of hydrogen-bond acceptors (Lipinski definition) is 4. The van der Waals surface area contributed by atoms with Crippen molar-refractivity contribution in [2.75, 3.05) is 39.3 Å². The standard InChI is InChI=1S/C25H36N2O2/c1-5-26(6-2)16-24(28)18-9-11-22-20(13-18)15-21-14-19(10-12-23(21)22)25(29)17-27(7-3)8-4/h9-14,24-25,28-29H,5-8,15-17H2,1-4H3. The third-order valence-corrected chi connectivity index (χ3v) is 6.35. The van der Waals surface area contributed by atoms with Crippen LogP contribution in [-0.4, -0.2) is 59.3 Å². The third-order valence-electron chi connectivity index (χ3n) is 6.35. The van der Waals surface area contributed by atoms with Crippen LogP contribution in [0.5, 0.6) is 0 Å². The summed E-state index contributed by atoms with van der Waals surface area (Å²) in [4.78, 5) is 4.49. The molecular weight excluding hydrogens is 360 g/mol. The number of nitrogens with zero attached hydrogens (tertiary/aromatic N) is 2. The van der Waals surface area contributed by atoms with Gasteiger partial charge in [0.2, 0.25) is 0 Å². The highest BCUT2D eigenvalue weighted by atomic mass is 16.3. The minimum Gasteiger partial charge on any atom is -0.387 e. The van der Waals surface area contributed by atoms with Crippen molar-refractivity contribution in [3.05, 3.63) is 58.7 Å². The quantitative estimate of drug-likeness (QED) is 0.544. The van der Waals surface area contributed by atoms with E-state index >= 15 is 0 Å². The highest BCUT2D eigenvalue weighted by Crippen LogP contribution is 2.39. The maximum atomic E-state index is 10.7. The van der Waals surface area contributed by atoms with Crippen LogP contribution in [0.25, 0.3) is 11.1 Å². The van der Waals surface area contributed by atoms with Crippen molar-refractivity contribution in [1.29, 1.82) is 0 Å². The fourth-order valence-electron chi connectivity index (χ4n) is 4.33. The zero-order chi connectivity index (χ0) is 21.0. The maximum absolute atomic E-state index is 10.7. The lowest BCUT2D eigenvalue weighted by molar-refractivity contribution is 0.119. The molecule has 4 heteroatoms. The second-order valence-electron chi connectivity index (χ2n) is 8.01. The summed E-state index contributed by atoms with van der Waals surface area (Å²) < 4.78 is 0. The van der Waals surface area contributed by atoms with Gasteiger partial charge < -0.3 is 20.0 Å². The molecule has 0 radical (unpaired) electrons. The minimum absolute atomic E-state index is 0.463. The summed E-state index contributed by atoms with van der Waals surface area (Å²) >= 11 is 0. The summed E-state index contributed by atoms with van der Waals surface area (Å²) in [6, 6.07) is 12.7. The van der Waals surface area contributed by atoms with Crippen LogP contribution in [0, 0.1) is 0 Å². The molecule has 158 valence electrons. The van der Waals surface area contributed by atoms with E-state index in [2.05, 4.69) is 73.9 Å². The van der Waals surface area contributed by atoms with Gasteiger partial charge in [-0.25, -0.2) is 0 Å². The number of likely N-dealkylation sites (N-methyl/N-ethyl adjacent to an activating group) is 2. The molecule has 0 aliphatic heterocycles. The van der Waals surface area contributed by atoms with Crippen LogP contribution in [0.15, 0.2) is 36.4 Å². The van der Waals surface area contributed by atoms with Gasteiger partial charge in [0, 0.05) is 13.1 Å². The number of aliphatic hydroxyl groups excluding tert-OH is 2. The van der Waals surface area contributed by atoms with Gasteiger partial charge in [0.25, 0.3) is 0 Å². The Morgan fingerprint density at radius 3 is 1.41 bits per heavy atom. The van der Waals surface area contributed by atoms with E-state index in [9.17, 15) is 10.2 Å². The molecule has 2 N–H and O–H groups in total. The van der Waals surface area contributed by atoms with E-state index in [1.807, 2.05) is 0 Å².